The second-order valence-electron chi connectivity index (χ2n) is 10.00. The number of aryl methyl sites for hydroxylation is 3. The van der Waals surface area contributed by atoms with Crippen molar-refractivity contribution >= 4 is 28.1 Å². The van der Waals surface area contributed by atoms with Crippen LogP contribution >= 0.6 is 15.9 Å². The second kappa shape index (κ2) is 13.5. The fourth-order valence-corrected chi connectivity index (χ4v) is 4.91. The lowest BCUT2D eigenvalue weighted by atomic mass is 10.2. The molecule has 0 fully saturated rings. The maximum atomic E-state index is 12.6. The Morgan fingerprint density at radius 3 is 2.30 bits per heavy atom. The number of ether oxygens (including phenoxy) is 3. The molecule has 1 amide bonds. The molecule has 0 unspecified atom stereocenters. The maximum absolute atomic E-state index is 12.6. The Labute approximate surface area is 259 Å². The van der Waals surface area contributed by atoms with Crippen molar-refractivity contribution in [2.75, 3.05) is 7.11 Å². The lowest BCUT2D eigenvalue weighted by Crippen LogP contribution is -2.16. The first-order valence-corrected chi connectivity index (χ1v) is 14.5. The Kier molecular flexibility index (Phi) is 9.32. The average Bonchev–Trinajstić information content (AvgIpc) is 3.63. The summed E-state index contributed by atoms with van der Waals surface area (Å²) in [6.07, 6.45) is 1.52. The molecule has 0 radical (unpaired) electrons. The van der Waals surface area contributed by atoms with Gasteiger partial charge in [-0.15, -0.1) is 0 Å². The number of rotatable bonds is 11. The number of nitrogens with zero attached hydrogens (tertiary/aromatic N) is 2. The number of amides is 1. The van der Waals surface area contributed by atoms with Crippen molar-refractivity contribution in [3.8, 4) is 22.9 Å². The summed E-state index contributed by atoms with van der Waals surface area (Å²) in [4.78, 5) is 12.6. The monoisotopic (exact) mass is 641 g/mol. The molecule has 0 saturated heterocycles. The highest BCUT2D eigenvalue weighted by Crippen LogP contribution is 2.33. The summed E-state index contributed by atoms with van der Waals surface area (Å²) in [6, 6.07) is 27.0. The number of hydrogen-bond acceptors (Lipinski definition) is 6. The molecule has 0 saturated carbocycles. The van der Waals surface area contributed by atoms with E-state index in [0.29, 0.717) is 35.2 Å². The number of halogens is 1. The molecule has 220 valence electrons. The van der Waals surface area contributed by atoms with Crippen molar-refractivity contribution < 1.29 is 23.4 Å². The van der Waals surface area contributed by atoms with Gasteiger partial charge in [0.2, 0.25) is 0 Å². The molecule has 0 aliphatic rings. The zero-order chi connectivity index (χ0) is 30.3. The van der Waals surface area contributed by atoms with Crippen molar-refractivity contribution in [2.45, 2.75) is 34.0 Å². The van der Waals surface area contributed by atoms with Crippen molar-refractivity contribution in [2.24, 2.45) is 5.10 Å². The standard InChI is InChI=1S/C34H32BrN3O5/c1-22-5-9-25(10-6-22)20-42-33-18-30(35)26(17-32(33)40-4)19-36-37-34(39)31-16-15-29(43-31)21-41-28-13-11-27(12-14-28)38-23(2)7-8-24(38)3/h5-19H,20-21H2,1-4H3,(H,37,39)/b36-19+. The van der Waals surface area contributed by atoms with Gasteiger partial charge >= 0.3 is 5.91 Å². The molecule has 0 aliphatic carbocycles. The molecule has 5 rings (SSSR count). The van der Waals surface area contributed by atoms with Crippen LogP contribution in [0.2, 0.25) is 0 Å². The minimum absolute atomic E-state index is 0.126. The lowest BCUT2D eigenvalue weighted by molar-refractivity contribution is 0.0923. The molecule has 2 aromatic heterocycles. The molecule has 0 spiro atoms. The smallest absolute Gasteiger partial charge is 0.307 e. The van der Waals surface area contributed by atoms with Crippen molar-refractivity contribution in [1.29, 1.82) is 0 Å². The number of carbonyl (C=O) groups excluding carboxylic acids is 1. The van der Waals surface area contributed by atoms with E-state index in [1.54, 1.807) is 25.3 Å². The minimum atomic E-state index is -0.481. The van der Waals surface area contributed by atoms with Gasteiger partial charge < -0.3 is 23.2 Å². The largest absolute Gasteiger partial charge is 0.493 e. The van der Waals surface area contributed by atoms with Gasteiger partial charge in [-0.25, -0.2) is 5.43 Å². The van der Waals surface area contributed by atoms with E-state index in [9.17, 15) is 4.79 Å². The van der Waals surface area contributed by atoms with E-state index in [2.05, 4.69) is 57.0 Å². The number of aromatic nitrogens is 1. The normalized spacial score (nSPS) is 11.1. The predicted octanol–water partition coefficient (Wildman–Crippen LogP) is 7.69. The van der Waals surface area contributed by atoms with Gasteiger partial charge in [-0.3, -0.25) is 4.79 Å². The fraction of sp³-hybridized carbons (Fsp3) is 0.176. The van der Waals surface area contributed by atoms with E-state index in [4.69, 9.17) is 18.6 Å². The summed E-state index contributed by atoms with van der Waals surface area (Å²) < 4.78 is 25.9. The maximum Gasteiger partial charge on any atom is 0.307 e. The lowest BCUT2D eigenvalue weighted by Gasteiger charge is -2.13. The fourth-order valence-electron chi connectivity index (χ4n) is 4.48. The van der Waals surface area contributed by atoms with E-state index in [-0.39, 0.29) is 12.4 Å². The van der Waals surface area contributed by atoms with Gasteiger partial charge in [0.1, 0.15) is 24.7 Å². The van der Waals surface area contributed by atoms with Crippen LogP contribution in [0.1, 0.15) is 44.4 Å². The first-order chi connectivity index (χ1) is 20.8. The van der Waals surface area contributed by atoms with Crippen LogP contribution in [0.15, 0.2) is 98.9 Å². The highest BCUT2D eigenvalue weighted by atomic mass is 79.9. The number of hydrogen-bond donors (Lipinski definition) is 1. The molecule has 3 aromatic carbocycles. The van der Waals surface area contributed by atoms with E-state index < -0.39 is 5.91 Å². The number of hydrazone groups is 1. The Balaban J connectivity index is 1.14. The second-order valence-corrected chi connectivity index (χ2v) is 10.9. The Hall–Kier alpha value is -4.76. The summed E-state index contributed by atoms with van der Waals surface area (Å²) in [5.41, 5.74) is 8.84. The van der Waals surface area contributed by atoms with Gasteiger partial charge in [0, 0.05) is 27.1 Å². The molecule has 2 heterocycles. The van der Waals surface area contributed by atoms with Crippen LogP contribution < -0.4 is 19.6 Å². The third-order valence-electron chi connectivity index (χ3n) is 6.80. The topological polar surface area (TPSA) is 87.2 Å². The zero-order valence-corrected chi connectivity index (χ0v) is 26.0. The van der Waals surface area contributed by atoms with Crippen LogP contribution in [0.4, 0.5) is 0 Å². The predicted molar refractivity (Wildman–Crippen MR) is 170 cm³/mol. The van der Waals surface area contributed by atoms with E-state index in [0.717, 1.165) is 15.7 Å². The third-order valence-corrected chi connectivity index (χ3v) is 7.49. The molecule has 43 heavy (non-hydrogen) atoms. The van der Waals surface area contributed by atoms with E-state index >= 15 is 0 Å². The van der Waals surface area contributed by atoms with E-state index in [1.807, 2.05) is 61.5 Å². The number of nitrogens with one attached hydrogen (secondary N) is 1. The first kappa shape index (κ1) is 29.7. The minimum Gasteiger partial charge on any atom is -0.493 e. The first-order valence-electron chi connectivity index (χ1n) is 13.7. The summed E-state index contributed by atoms with van der Waals surface area (Å²) >= 11 is 3.55. The molecular formula is C34H32BrN3O5. The van der Waals surface area contributed by atoms with Gasteiger partial charge in [0.15, 0.2) is 17.3 Å². The van der Waals surface area contributed by atoms with E-state index in [1.165, 1.54) is 23.2 Å². The van der Waals surface area contributed by atoms with Gasteiger partial charge in [-0.1, -0.05) is 29.8 Å². The van der Waals surface area contributed by atoms with Crippen molar-refractivity contribution in [3.63, 3.8) is 0 Å². The molecular weight excluding hydrogens is 610 g/mol. The van der Waals surface area contributed by atoms with Crippen LogP contribution in [-0.4, -0.2) is 23.8 Å². The van der Waals surface area contributed by atoms with Crippen molar-refractivity contribution in [3.05, 3.63) is 129 Å². The molecule has 8 nitrogen and oxygen atoms in total. The number of methoxy groups -OCH3 is 1. The average molecular weight is 643 g/mol. The number of benzene rings is 3. The van der Waals surface area contributed by atoms with Gasteiger partial charge in [-0.05, 0) is 103 Å². The van der Waals surface area contributed by atoms with Gasteiger partial charge in [0.25, 0.3) is 0 Å². The Morgan fingerprint density at radius 2 is 1.60 bits per heavy atom. The van der Waals surface area contributed by atoms with Gasteiger partial charge in [0.05, 0.1) is 13.3 Å². The Bertz CT molecular complexity index is 1720. The molecule has 1 N–H and O–H groups in total. The quantitative estimate of drug-likeness (QED) is 0.118. The van der Waals surface area contributed by atoms with Crippen LogP contribution in [0, 0.1) is 20.8 Å². The Morgan fingerprint density at radius 1 is 0.884 bits per heavy atom. The SMILES string of the molecule is COc1cc(/C=N/NC(=O)c2ccc(COc3ccc(-n4c(C)ccc4C)cc3)o2)c(Br)cc1OCc1ccc(C)cc1. The van der Waals surface area contributed by atoms with Crippen LogP contribution in [-0.2, 0) is 13.2 Å². The molecule has 0 aliphatic heterocycles. The molecule has 0 bridgehead atoms. The van der Waals surface area contributed by atoms with Crippen molar-refractivity contribution in [1.82, 2.24) is 9.99 Å². The van der Waals surface area contributed by atoms with Crippen LogP contribution in [0.25, 0.3) is 5.69 Å². The highest BCUT2D eigenvalue weighted by Gasteiger charge is 2.13. The van der Waals surface area contributed by atoms with Gasteiger partial charge in [-0.2, -0.15) is 5.10 Å². The summed E-state index contributed by atoms with van der Waals surface area (Å²) in [7, 11) is 1.57. The third kappa shape index (κ3) is 7.37. The highest BCUT2D eigenvalue weighted by molar-refractivity contribution is 9.10. The summed E-state index contributed by atoms with van der Waals surface area (Å²) in [6.45, 7) is 6.78. The number of carbonyl (C=O) groups is 1. The zero-order valence-electron chi connectivity index (χ0n) is 24.4. The number of furan rings is 1. The molecule has 5 aromatic rings. The molecule has 9 heteroatoms. The summed E-state index contributed by atoms with van der Waals surface area (Å²) in [5, 5.41) is 4.09. The van der Waals surface area contributed by atoms with Crippen LogP contribution in [0.5, 0.6) is 17.2 Å². The summed E-state index contributed by atoms with van der Waals surface area (Å²) in [5.74, 6) is 1.99. The van der Waals surface area contributed by atoms with Crippen LogP contribution in [0.3, 0.4) is 0 Å². The molecule has 0 atom stereocenters.